The van der Waals surface area contributed by atoms with Crippen molar-refractivity contribution in [3.8, 4) is 12.1 Å². The van der Waals surface area contributed by atoms with Crippen LogP contribution in [-0.2, 0) is 5.33 Å². The van der Waals surface area contributed by atoms with Gasteiger partial charge in [0.05, 0.1) is 0 Å². The third-order valence-corrected chi connectivity index (χ3v) is 3.19. The maximum Gasteiger partial charge on any atom is 0.135 e. The Morgan fingerprint density at radius 2 is 2.00 bits per heavy atom. The Morgan fingerprint density at radius 3 is 2.50 bits per heavy atom. The molecule has 16 heavy (non-hydrogen) atoms. The van der Waals surface area contributed by atoms with Crippen molar-refractivity contribution in [1.82, 2.24) is 0 Å². The van der Waals surface area contributed by atoms with E-state index in [0.29, 0.717) is 15.4 Å². The molecule has 80 valence electrons. The predicted molar refractivity (Wildman–Crippen MR) is 65.9 cm³/mol. The second-order valence-electron chi connectivity index (χ2n) is 2.84. The van der Waals surface area contributed by atoms with Gasteiger partial charge in [-0.3, -0.25) is 0 Å². The van der Waals surface area contributed by atoms with Gasteiger partial charge in [0.25, 0.3) is 0 Å². The van der Waals surface area contributed by atoms with Gasteiger partial charge >= 0.3 is 0 Å². The zero-order valence-corrected chi connectivity index (χ0v) is 11.1. The van der Waals surface area contributed by atoms with Gasteiger partial charge in [-0.05, 0) is 12.1 Å². The number of hydrogen-bond donors (Lipinski definition) is 0. The van der Waals surface area contributed by atoms with E-state index >= 15 is 0 Å². The Kier molecular flexibility index (Phi) is 4.67. The first-order valence-corrected chi connectivity index (χ1v) is 6.10. The Balaban J connectivity index is 3.35. The molecule has 0 aliphatic carbocycles. The van der Waals surface area contributed by atoms with E-state index in [2.05, 4.69) is 31.9 Å². The van der Waals surface area contributed by atoms with Crippen molar-refractivity contribution in [2.24, 2.45) is 0 Å². The normalized spacial score (nSPS) is 9.06. The smallest absolute Gasteiger partial charge is 0.135 e. The van der Waals surface area contributed by atoms with Crippen LogP contribution in [0.25, 0.3) is 6.08 Å². The molecular weight excluding hydrogens is 339 g/mol. The zero-order chi connectivity index (χ0) is 12.1. The van der Waals surface area contributed by atoms with Crippen molar-refractivity contribution < 1.29 is 4.39 Å². The molecule has 0 atom stereocenters. The first-order valence-electron chi connectivity index (χ1n) is 4.18. The lowest BCUT2D eigenvalue weighted by atomic mass is 10.1. The molecule has 0 aromatic heterocycles. The van der Waals surface area contributed by atoms with Crippen molar-refractivity contribution in [2.75, 3.05) is 0 Å². The van der Waals surface area contributed by atoms with Crippen LogP contribution < -0.4 is 0 Å². The van der Waals surface area contributed by atoms with E-state index < -0.39 is 5.82 Å². The lowest BCUT2D eigenvalue weighted by molar-refractivity contribution is 0.613. The molecule has 1 aromatic rings. The van der Waals surface area contributed by atoms with Gasteiger partial charge in [0.1, 0.15) is 23.5 Å². The predicted octanol–water partition coefficient (Wildman–Crippen LogP) is 3.91. The number of nitriles is 2. The van der Waals surface area contributed by atoms with Crippen molar-refractivity contribution in [2.45, 2.75) is 5.33 Å². The molecule has 0 amide bonds. The fraction of sp³-hybridized carbons (Fsp3) is 0.0909. The minimum Gasteiger partial charge on any atom is -0.206 e. The van der Waals surface area contributed by atoms with E-state index in [1.54, 1.807) is 18.2 Å². The SMILES string of the molecule is N#CC(C#N)=Cc1ccc(Br)c(CBr)c1F. The summed E-state index contributed by atoms with van der Waals surface area (Å²) in [6, 6.07) is 6.57. The quantitative estimate of drug-likeness (QED) is 0.603. The van der Waals surface area contributed by atoms with Gasteiger partial charge in [0.15, 0.2) is 0 Å². The van der Waals surface area contributed by atoms with Crippen LogP contribution in [0.15, 0.2) is 22.2 Å². The molecule has 0 bridgehead atoms. The molecule has 2 nitrogen and oxygen atoms in total. The standard InChI is InChI=1S/C11H5Br2FN2/c12-4-9-10(13)2-1-8(11(9)14)3-7(5-15)6-16/h1-3H,4H2. The Labute approximate surface area is 109 Å². The molecule has 0 heterocycles. The van der Waals surface area contributed by atoms with Crippen LogP contribution >= 0.6 is 31.9 Å². The molecule has 0 unspecified atom stereocenters. The van der Waals surface area contributed by atoms with Gasteiger partial charge in [0.2, 0.25) is 0 Å². The first-order chi connectivity index (χ1) is 7.63. The highest BCUT2D eigenvalue weighted by atomic mass is 79.9. The fourth-order valence-corrected chi connectivity index (χ4v) is 2.47. The zero-order valence-electron chi connectivity index (χ0n) is 7.97. The summed E-state index contributed by atoms with van der Waals surface area (Å²) >= 11 is 6.39. The van der Waals surface area contributed by atoms with E-state index in [1.165, 1.54) is 12.1 Å². The van der Waals surface area contributed by atoms with E-state index in [-0.39, 0.29) is 11.1 Å². The minimum atomic E-state index is -0.436. The van der Waals surface area contributed by atoms with Crippen molar-refractivity contribution >= 4 is 37.9 Å². The second kappa shape index (κ2) is 5.79. The van der Waals surface area contributed by atoms with Crippen LogP contribution in [0, 0.1) is 28.5 Å². The van der Waals surface area contributed by atoms with Gasteiger partial charge in [-0.2, -0.15) is 10.5 Å². The number of halogens is 3. The molecule has 1 rings (SSSR count). The van der Waals surface area contributed by atoms with Gasteiger partial charge in [0, 0.05) is 20.9 Å². The number of nitrogens with zero attached hydrogens (tertiary/aromatic N) is 2. The highest BCUT2D eigenvalue weighted by molar-refractivity contribution is 9.10. The highest BCUT2D eigenvalue weighted by Crippen LogP contribution is 2.26. The number of allylic oxidation sites excluding steroid dienone is 1. The van der Waals surface area contributed by atoms with E-state index in [4.69, 9.17) is 10.5 Å². The molecule has 5 heteroatoms. The summed E-state index contributed by atoms with van der Waals surface area (Å²) in [6.07, 6.45) is 1.23. The lowest BCUT2D eigenvalue weighted by Crippen LogP contribution is -1.92. The Bertz CT molecular complexity index is 508. The molecule has 0 saturated carbocycles. The number of alkyl halides is 1. The average Bonchev–Trinajstić information content (AvgIpc) is 2.29. The Hall–Kier alpha value is -1.17. The minimum absolute atomic E-state index is 0.123. The molecule has 0 radical (unpaired) electrons. The summed E-state index contributed by atoms with van der Waals surface area (Å²) in [4.78, 5) is 0. The lowest BCUT2D eigenvalue weighted by Gasteiger charge is -2.05. The maximum atomic E-state index is 13.8. The molecule has 0 spiro atoms. The molecule has 0 N–H and O–H groups in total. The van der Waals surface area contributed by atoms with E-state index in [9.17, 15) is 4.39 Å². The van der Waals surface area contributed by atoms with Crippen molar-refractivity contribution in [1.29, 1.82) is 10.5 Å². The monoisotopic (exact) mass is 342 g/mol. The molecule has 0 saturated heterocycles. The topological polar surface area (TPSA) is 47.6 Å². The van der Waals surface area contributed by atoms with Gasteiger partial charge in [-0.1, -0.05) is 37.9 Å². The van der Waals surface area contributed by atoms with Crippen LogP contribution in [0.2, 0.25) is 0 Å². The molecule has 0 aliphatic rings. The average molecular weight is 344 g/mol. The fourth-order valence-electron chi connectivity index (χ4n) is 1.09. The summed E-state index contributed by atoms with van der Waals surface area (Å²) in [5, 5.41) is 17.5. The van der Waals surface area contributed by atoms with Gasteiger partial charge in [-0.25, -0.2) is 4.39 Å². The van der Waals surface area contributed by atoms with Gasteiger partial charge < -0.3 is 0 Å². The second-order valence-corrected chi connectivity index (χ2v) is 4.26. The molecule has 1 aromatic carbocycles. The van der Waals surface area contributed by atoms with E-state index in [1.807, 2.05) is 0 Å². The summed E-state index contributed by atoms with van der Waals surface area (Å²) in [7, 11) is 0. The molecule has 0 fully saturated rings. The number of rotatable bonds is 2. The third-order valence-electron chi connectivity index (χ3n) is 1.89. The van der Waals surface area contributed by atoms with E-state index in [0.717, 1.165) is 0 Å². The Morgan fingerprint density at radius 1 is 1.38 bits per heavy atom. The maximum absolute atomic E-state index is 13.8. The number of benzene rings is 1. The third kappa shape index (κ3) is 2.69. The molecular formula is C11H5Br2FN2. The van der Waals surface area contributed by atoms with Crippen LogP contribution in [0.5, 0.6) is 0 Å². The number of hydrogen-bond acceptors (Lipinski definition) is 2. The van der Waals surface area contributed by atoms with Crippen molar-refractivity contribution in [3.63, 3.8) is 0 Å². The van der Waals surface area contributed by atoms with Crippen molar-refractivity contribution in [3.05, 3.63) is 39.1 Å². The highest BCUT2D eigenvalue weighted by Gasteiger charge is 2.10. The van der Waals surface area contributed by atoms with Crippen LogP contribution in [-0.4, -0.2) is 0 Å². The largest absolute Gasteiger partial charge is 0.206 e. The van der Waals surface area contributed by atoms with Crippen LogP contribution in [0.4, 0.5) is 4.39 Å². The summed E-state index contributed by atoms with van der Waals surface area (Å²) in [6.45, 7) is 0. The van der Waals surface area contributed by atoms with Gasteiger partial charge in [-0.15, -0.1) is 0 Å². The van der Waals surface area contributed by atoms with Crippen LogP contribution in [0.3, 0.4) is 0 Å². The summed E-state index contributed by atoms with van der Waals surface area (Å²) < 4.78 is 14.5. The van der Waals surface area contributed by atoms with Crippen LogP contribution in [0.1, 0.15) is 11.1 Å². The first kappa shape index (κ1) is 12.9. The molecule has 0 aliphatic heterocycles. The summed E-state index contributed by atoms with van der Waals surface area (Å²) in [5.41, 5.74) is 0.571. The summed E-state index contributed by atoms with van der Waals surface area (Å²) in [5.74, 6) is -0.436.